The van der Waals surface area contributed by atoms with Crippen LogP contribution in [0, 0.1) is 0 Å². The molecule has 0 saturated heterocycles. The molecule has 0 fully saturated rings. The quantitative estimate of drug-likeness (QED) is 0.747. The molecule has 0 aliphatic carbocycles. The molecule has 0 unspecified atom stereocenters. The van der Waals surface area contributed by atoms with Gasteiger partial charge in [0.05, 0.1) is 6.61 Å². The van der Waals surface area contributed by atoms with Crippen LogP contribution < -0.4 is 10.6 Å². The summed E-state index contributed by atoms with van der Waals surface area (Å²) >= 11 is 1.73. The van der Waals surface area contributed by atoms with E-state index in [-0.39, 0.29) is 11.2 Å². The summed E-state index contributed by atoms with van der Waals surface area (Å²) in [6, 6.07) is 16.3. The molecule has 132 valence electrons. The van der Waals surface area contributed by atoms with Crippen molar-refractivity contribution < 1.29 is 9.53 Å². The Morgan fingerprint density at radius 3 is 2.88 bits per heavy atom. The fraction of sp³-hybridized carbons (Fsp3) is 0.350. The molecule has 1 aliphatic rings. The first-order valence-electron chi connectivity index (χ1n) is 8.57. The standard InChI is InChI=1S/C20H24N2O2S/c1-24-12-11-21-18-9-5-3-7-16(18)14-22-20(23)19-17-8-4-2-6-15(17)10-13-25-19/h2-9,19,21H,10-14H2,1H3,(H,22,23)/t19-/m0/s1. The molecule has 1 aliphatic heterocycles. The van der Waals surface area contributed by atoms with Crippen LogP contribution in [0.1, 0.15) is 21.9 Å². The van der Waals surface area contributed by atoms with E-state index < -0.39 is 0 Å². The van der Waals surface area contributed by atoms with Gasteiger partial charge in [0.15, 0.2) is 0 Å². The van der Waals surface area contributed by atoms with Crippen molar-refractivity contribution in [3.63, 3.8) is 0 Å². The van der Waals surface area contributed by atoms with Gasteiger partial charge < -0.3 is 15.4 Å². The lowest BCUT2D eigenvalue weighted by atomic mass is 10.0. The number of ether oxygens (including phenoxy) is 1. The van der Waals surface area contributed by atoms with Gasteiger partial charge in [-0.05, 0) is 34.9 Å². The number of hydrogen-bond acceptors (Lipinski definition) is 4. The van der Waals surface area contributed by atoms with E-state index in [0.717, 1.165) is 35.5 Å². The molecule has 1 atom stereocenters. The first-order chi connectivity index (χ1) is 12.3. The molecule has 0 radical (unpaired) electrons. The third kappa shape index (κ3) is 4.55. The molecular weight excluding hydrogens is 332 g/mol. The van der Waals surface area contributed by atoms with Gasteiger partial charge in [0.1, 0.15) is 5.25 Å². The van der Waals surface area contributed by atoms with Crippen molar-refractivity contribution in [2.75, 3.05) is 31.3 Å². The molecule has 5 heteroatoms. The molecule has 0 aromatic heterocycles. The van der Waals surface area contributed by atoms with Gasteiger partial charge in [0, 0.05) is 25.9 Å². The van der Waals surface area contributed by atoms with E-state index >= 15 is 0 Å². The van der Waals surface area contributed by atoms with Gasteiger partial charge in [0.2, 0.25) is 5.91 Å². The predicted octanol–water partition coefficient (Wildman–Crippen LogP) is 3.39. The lowest BCUT2D eigenvalue weighted by Crippen LogP contribution is -2.30. The zero-order chi connectivity index (χ0) is 17.5. The van der Waals surface area contributed by atoms with Crippen LogP contribution in [-0.4, -0.2) is 31.9 Å². The molecule has 3 rings (SSSR count). The molecule has 0 saturated carbocycles. The third-order valence-corrected chi connectivity index (χ3v) is 5.56. The van der Waals surface area contributed by atoms with Crippen LogP contribution in [0.25, 0.3) is 0 Å². The highest BCUT2D eigenvalue weighted by atomic mass is 32.2. The summed E-state index contributed by atoms with van der Waals surface area (Å²) in [6.07, 6.45) is 1.04. The molecule has 2 N–H and O–H groups in total. The number of fused-ring (bicyclic) bond motifs is 1. The van der Waals surface area contributed by atoms with E-state index in [1.54, 1.807) is 18.9 Å². The van der Waals surface area contributed by atoms with Gasteiger partial charge in [-0.2, -0.15) is 0 Å². The predicted molar refractivity (Wildman–Crippen MR) is 104 cm³/mol. The van der Waals surface area contributed by atoms with Crippen molar-refractivity contribution in [3.05, 3.63) is 65.2 Å². The second kappa shape index (κ2) is 8.92. The summed E-state index contributed by atoms with van der Waals surface area (Å²) in [5.74, 6) is 1.08. The number of nitrogens with one attached hydrogen (secondary N) is 2. The van der Waals surface area contributed by atoms with Crippen LogP contribution in [0.4, 0.5) is 5.69 Å². The zero-order valence-electron chi connectivity index (χ0n) is 14.5. The van der Waals surface area contributed by atoms with Crippen molar-refractivity contribution in [2.24, 2.45) is 0 Å². The van der Waals surface area contributed by atoms with E-state index in [0.29, 0.717) is 13.2 Å². The molecule has 2 aromatic rings. The van der Waals surface area contributed by atoms with Gasteiger partial charge >= 0.3 is 0 Å². The summed E-state index contributed by atoms with van der Waals surface area (Å²) in [6.45, 7) is 1.91. The number of rotatable bonds is 7. The normalized spacial score (nSPS) is 16.1. The highest BCUT2D eigenvalue weighted by Gasteiger charge is 2.26. The van der Waals surface area contributed by atoms with Gasteiger partial charge in [-0.25, -0.2) is 0 Å². The number of para-hydroxylation sites is 1. The van der Waals surface area contributed by atoms with Crippen molar-refractivity contribution in [1.29, 1.82) is 0 Å². The number of benzene rings is 2. The highest BCUT2D eigenvalue weighted by Crippen LogP contribution is 2.36. The Morgan fingerprint density at radius 1 is 1.20 bits per heavy atom. The Balaban J connectivity index is 1.64. The maximum absolute atomic E-state index is 12.7. The minimum Gasteiger partial charge on any atom is -0.383 e. The molecule has 0 bridgehead atoms. The molecule has 0 spiro atoms. The molecule has 1 amide bonds. The van der Waals surface area contributed by atoms with E-state index in [4.69, 9.17) is 4.74 Å². The number of aryl methyl sites for hydroxylation is 1. The van der Waals surface area contributed by atoms with Gasteiger partial charge in [-0.3, -0.25) is 4.79 Å². The van der Waals surface area contributed by atoms with Crippen LogP contribution in [0.2, 0.25) is 0 Å². The van der Waals surface area contributed by atoms with Crippen molar-refractivity contribution in [3.8, 4) is 0 Å². The first-order valence-corrected chi connectivity index (χ1v) is 9.62. The fourth-order valence-corrected chi connectivity index (χ4v) is 4.24. The maximum Gasteiger partial charge on any atom is 0.237 e. The molecular formula is C20H24N2O2S. The number of methoxy groups -OCH3 is 1. The number of carbonyl (C=O) groups excluding carboxylic acids is 1. The number of thioether (sulfide) groups is 1. The second-order valence-electron chi connectivity index (χ2n) is 5.99. The SMILES string of the molecule is COCCNc1ccccc1CNC(=O)[C@H]1SCCc2ccccc21. The van der Waals surface area contributed by atoms with Crippen molar-refractivity contribution >= 4 is 23.4 Å². The smallest absolute Gasteiger partial charge is 0.237 e. The molecule has 25 heavy (non-hydrogen) atoms. The van der Waals surface area contributed by atoms with E-state index in [1.165, 1.54) is 5.56 Å². The van der Waals surface area contributed by atoms with Crippen molar-refractivity contribution in [1.82, 2.24) is 5.32 Å². The van der Waals surface area contributed by atoms with E-state index in [9.17, 15) is 4.79 Å². The average Bonchev–Trinajstić information content (AvgIpc) is 2.66. The number of hydrogen-bond donors (Lipinski definition) is 2. The monoisotopic (exact) mass is 356 g/mol. The Morgan fingerprint density at radius 2 is 2.00 bits per heavy atom. The fourth-order valence-electron chi connectivity index (χ4n) is 3.02. The summed E-state index contributed by atoms with van der Waals surface area (Å²) in [5, 5.41) is 6.35. The first kappa shape index (κ1) is 17.8. The number of anilines is 1. The van der Waals surface area contributed by atoms with Crippen LogP contribution in [0.5, 0.6) is 0 Å². The average molecular weight is 356 g/mol. The largest absolute Gasteiger partial charge is 0.383 e. The molecule has 4 nitrogen and oxygen atoms in total. The minimum atomic E-state index is -0.112. The number of amides is 1. The summed E-state index contributed by atoms with van der Waals surface area (Å²) in [7, 11) is 1.69. The topological polar surface area (TPSA) is 50.4 Å². The minimum absolute atomic E-state index is 0.0869. The number of carbonyl (C=O) groups is 1. The van der Waals surface area contributed by atoms with E-state index in [1.807, 2.05) is 36.4 Å². The second-order valence-corrected chi connectivity index (χ2v) is 7.21. The lowest BCUT2D eigenvalue weighted by molar-refractivity contribution is -0.120. The Labute approximate surface area is 153 Å². The van der Waals surface area contributed by atoms with Crippen molar-refractivity contribution in [2.45, 2.75) is 18.2 Å². The highest BCUT2D eigenvalue weighted by molar-refractivity contribution is 8.00. The van der Waals surface area contributed by atoms with Crippen LogP contribution in [0.3, 0.4) is 0 Å². The maximum atomic E-state index is 12.7. The van der Waals surface area contributed by atoms with E-state index in [2.05, 4.69) is 22.8 Å². The molecule has 2 aromatic carbocycles. The Bertz CT molecular complexity index is 720. The Hall–Kier alpha value is -1.98. The van der Waals surface area contributed by atoms with Gasteiger partial charge in [-0.15, -0.1) is 11.8 Å². The summed E-state index contributed by atoms with van der Waals surface area (Å²) < 4.78 is 5.08. The van der Waals surface area contributed by atoms with Crippen LogP contribution in [-0.2, 0) is 22.5 Å². The molecule has 1 heterocycles. The third-order valence-electron chi connectivity index (χ3n) is 4.32. The Kier molecular flexibility index (Phi) is 6.36. The zero-order valence-corrected chi connectivity index (χ0v) is 15.3. The van der Waals surface area contributed by atoms with Crippen LogP contribution >= 0.6 is 11.8 Å². The van der Waals surface area contributed by atoms with Crippen LogP contribution in [0.15, 0.2) is 48.5 Å². The summed E-state index contributed by atoms with van der Waals surface area (Å²) in [5.41, 5.74) is 4.57. The van der Waals surface area contributed by atoms with Gasteiger partial charge in [-0.1, -0.05) is 42.5 Å². The lowest BCUT2D eigenvalue weighted by Gasteiger charge is -2.24. The van der Waals surface area contributed by atoms with Gasteiger partial charge in [0.25, 0.3) is 0 Å². The summed E-state index contributed by atoms with van der Waals surface area (Å²) in [4.78, 5) is 12.7.